The fraction of sp³-hybridized carbons (Fsp3) is 0.545. The van der Waals surface area contributed by atoms with E-state index in [-0.39, 0.29) is 5.92 Å². The first kappa shape index (κ1) is 18.2. The molecule has 1 amide bonds. The molecule has 0 radical (unpaired) electrons. The van der Waals surface area contributed by atoms with Gasteiger partial charge in [0.05, 0.1) is 12.7 Å². The molecular weight excluding hydrogens is 338 g/mol. The van der Waals surface area contributed by atoms with E-state index in [1.54, 1.807) is 6.20 Å². The molecule has 3 heterocycles. The predicted octanol–water partition coefficient (Wildman–Crippen LogP) is 3.96. The Hall–Kier alpha value is -2.14. The van der Waals surface area contributed by atoms with Gasteiger partial charge >= 0.3 is 0 Å². The Morgan fingerprint density at radius 3 is 2.41 bits per heavy atom. The third kappa shape index (κ3) is 4.59. The van der Waals surface area contributed by atoms with Crippen LogP contribution in [0.25, 0.3) is 11.3 Å². The van der Waals surface area contributed by atoms with Crippen LogP contribution in [0.4, 0.5) is 0 Å². The van der Waals surface area contributed by atoms with Crippen LogP contribution in [0.15, 0.2) is 40.9 Å². The zero-order valence-corrected chi connectivity index (χ0v) is 16.0. The fourth-order valence-electron chi connectivity index (χ4n) is 4.20. The van der Waals surface area contributed by atoms with Crippen molar-refractivity contribution in [3.05, 3.63) is 42.4 Å². The molecule has 2 saturated heterocycles. The first-order chi connectivity index (χ1) is 13.3. The van der Waals surface area contributed by atoms with E-state index in [1.807, 2.05) is 30.3 Å². The second-order valence-corrected chi connectivity index (χ2v) is 7.77. The van der Waals surface area contributed by atoms with E-state index in [1.165, 1.54) is 25.7 Å². The molecule has 5 nitrogen and oxygen atoms in total. The van der Waals surface area contributed by atoms with Crippen LogP contribution in [0, 0.1) is 5.92 Å². The Labute approximate surface area is 161 Å². The van der Waals surface area contributed by atoms with Gasteiger partial charge in [-0.1, -0.05) is 43.2 Å². The smallest absolute Gasteiger partial charge is 0.225 e. The standard InChI is InChI=1S/C22H29N3O2/c26-22(25-12-6-1-2-7-13-25)19-10-14-24(15-11-19)17-21-23-16-20(27-21)18-8-4-3-5-9-18/h3-5,8-9,16,19H,1-2,6-7,10-15,17H2. The molecule has 2 aliphatic rings. The van der Waals surface area contributed by atoms with Gasteiger partial charge in [0.25, 0.3) is 0 Å². The van der Waals surface area contributed by atoms with Crippen molar-refractivity contribution in [3.8, 4) is 11.3 Å². The highest BCUT2D eigenvalue weighted by Crippen LogP contribution is 2.24. The molecule has 2 aromatic rings. The molecule has 0 unspecified atom stereocenters. The van der Waals surface area contributed by atoms with Gasteiger partial charge < -0.3 is 9.32 Å². The number of rotatable bonds is 4. The first-order valence-corrected chi connectivity index (χ1v) is 10.3. The van der Waals surface area contributed by atoms with Crippen LogP contribution in [0.2, 0.25) is 0 Å². The van der Waals surface area contributed by atoms with E-state index in [0.29, 0.717) is 5.91 Å². The van der Waals surface area contributed by atoms with E-state index < -0.39 is 0 Å². The summed E-state index contributed by atoms with van der Waals surface area (Å²) in [6.07, 6.45) is 8.56. The van der Waals surface area contributed by atoms with Gasteiger partial charge in [0, 0.05) is 24.6 Å². The van der Waals surface area contributed by atoms with E-state index in [4.69, 9.17) is 4.42 Å². The summed E-state index contributed by atoms with van der Waals surface area (Å²) in [6.45, 7) is 4.51. The van der Waals surface area contributed by atoms with Crippen molar-refractivity contribution in [1.29, 1.82) is 0 Å². The maximum absolute atomic E-state index is 12.8. The molecule has 5 heteroatoms. The molecule has 2 fully saturated rings. The molecule has 0 N–H and O–H groups in total. The van der Waals surface area contributed by atoms with Crippen molar-refractivity contribution in [2.75, 3.05) is 26.2 Å². The van der Waals surface area contributed by atoms with E-state index in [0.717, 1.165) is 62.8 Å². The summed E-state index contributed by atoms with van der Waals surface area (Å²) in [7, 11) is 0. The number of benzene rings is 1. The summed E-state index contributed by atoms with van der Waals surface area (Å²) in [4.78, 5) is 21.7. The monoisotopic (exact) mass is 367 g/mol. The number of hydrogen-bond acceptors (Lipinski definition) is 4. The lowest BCUT2D eigenvalue weighted by Gasteiger charge is -2.33. The van der Waals surface area contributed by atoms with Crippen molar-refractivity contribution < 1.29 is 9.21 Å². The molecule has 1 aromatic heterocycles. The van der Waals surface area contributed by atoms with Crippen LogP contribution in [-0.2, 0) is 11.3 Å². The Morgan fingerprint density at radius 2 is 1.70 bits per heavy atom. The highest BCUT2D eigenvalue weighted by atomic mass is 16.4. The number of amides is 1. The summed E-state index contributed by atoms with van der Waals surface area (Å²) in [5.41, 5.74) is 1.05. The number of aromatic nitrogens is 1. The van der Waals surface area contributed by atoms with Crippen LogP contribution in [-0.4, -0.2) is 46.9 Å². The Morgan fingerprint density at radius 1 is 1.00 bits per heavy atom. The molecule has 0 spiro atoms. The van der Waals surface area contributed by atoms with E-state index in [9.17, 15) is 4.79 Å². The van der Waals surface area contributed by atoms with Gasteiger partial charge in [-0.05, 0) is 38.8 Å². The van der Waals surface area contributed by atoms with Gasteiger partial charge in [-0.3, -0.25) is 9.69 Å². The summed E-state index contributed by atoms with van der Waals surface area (Å²) in [5, 5.41) is 0. The quantitative estimate of drug-likeness (QED) is 0.821. The molecule has 144 valence electrons. The Balaban J connectivity index is 1.28. The molecule has 0 aliphatic carbocycles. The largest absolute Gasteiger partial charge is 0.439 e. The summed E-state index contributed by atoms with van der Waals surface area (Å²) in [6, 6.07) is 10.1. The van der Waals surface area contributed by atoms with Crippen molar-refractivity contribution in [1.82, 2.24) is 14.8 Å². The molecule has 0 bridgehead atoms. The lowest BCUT2D eigenvalue weighted by atomic mass is 9.95. The minimum absolute atomic E-state index is 0.198. The highest BCUT2D eigenvalue weighted by molar-refractivity contribution is 5.79. The third-order valence-electron chi connectivity index (χ3n) is 5.83. The third-order valence-corrected chi connectivity index (χ3v) is 5.83. The number of hydrogen-bond donors (Lipinski definition) is 0. The van der Waals surface area contributed by atoms with Crippen molar-refractivity contribution in [2.45, 2.75) is 45.1 Å². The van der Waals surface area contributed by atoms with Crippen molar-refractivity contribution in [2.24, 2.45) is 5.92 Å². The highest BCUT2D eigenvalue weighted by Gasteiger charge is 2.29. The van der Waals surface area contributed by atoms with Gasteiger partial charge in [-0.2, -0.15) is 0 Å². The van der Waals surface area contributed by atoms with Crippen LogP contribution in [0.5, 0.6) is 0 Å². The van der Waals surface area contributed by atoms with Gasteiger partial charge in [0.2, 0.25) is 11.8 Å². The molecular formula is C22H29N3O2. The van der Waals surface area contributed by atoms with Crippen molar-refractivity contribution in [3.63, 3.8) is 0 Å². The van der Waals surface area contributed by atoms with Crippen LogP contribution >= 0.6 is 0 Å². The Bertz CT molecular complexity index is 727. The molecule has 27 heavy (non-hydrogen) atoms. The van der Waals surface area contributed by atoms with Crippen LogP contribution in [0.3, 0.4) is 0 Å². The number of carbonyl (C=O) groups is 1. The Kier molecular flexibility index (Phi) is 5.87. The fourth-order valence-corrected chi connectivity index (χ4v) is 4.20. The minimum Gasteiger partial charge on any atom is -0.439 e. The zero-order chi connectivity index (χ0) is 18.5. The second-order valence-electron chi connectivity index (χ2n) is 7.77. The number of likely N-dealkylation sites (tertiary alicyclic amines) is 2. The molecule has 2 aliphatic heterocycles. The summed E-state index contributed by atoms with van der Waals surface area (Å²) in [5.74, 6) is 2.16. The maximum atomic E-state index is 12.8. The molecule has 1 aromatic carbocycles. The molecule has 0 saturated carbocycles. The van der Waals surface area contributed by atoms with Gasteiger partial charge in [-0.15, -0.1) is 0 Å². The predicted molar refractivity (Wildman–Crippen MR) is 105 cm³/mol. The zero-order valence-electron chi connectivity index (χ0n) is 16.0. The molecule has 4 rings (SSSR count). The second kappa shape index (κ2) is 8.70. The van der Waals surface area contributed by atoms with Crippen LogP contribution in [0.1, 0.15) is 44.4 Å². The summed E-state index contributed by atoms with van der Waals surface area (Å²) < 4.78 is 5.93. The average molecular weight is 367 g/mol. The first-order valence-electron chi connectivity index (χ1n) is 10.3. The average Bonchev–Trinajstić information content (AvgIpc) is 3.01. The number of piperidine rings is 1. The number of oxazole rings is 1. The van der Waals surface area contributed by atoms with Crippen molar-refractivity contribution >= 4 is 5.91 Å². The van der Waals surface area contributed by atoms with Crippen LogP contribution < -0.4 is 0 Å². The number of nitrogens with zero attached hydrogens (tertiary/aromatic N) is 3. The van der Waals surface area contributed by atoms with Gasteiger partial charge in [0.1, 0.15) is 0 Å². The lowest BCUT2D eigenvalue weighted by molar-refractivity contribution is -0.137. The summed E-state index contributed by atoms with van der Waals surface area (Å²) >= 11 is 0. The lowest BCUT2D eigenvalue weighted by Crippen LogP contribution is -2.42. The van der Waals surface area contributed by atoms with Gasteiger partial charge in [0.15, 0.2) is 5.76 Å². The van der Waals surface area contributed by atoms with E-state index >= 15 is 0 Å². The maximum Gasteiger partial charge on any atom is 0.225 e. The number of carbonyl (C=O) groups excluding carboxylic acids is 1. The minimum atomic E-state index is 0.198. The van der Waals surface area contributed by atoms with E-state index in [2.05, 4.69) is 14.8 Å². The topological polar surface area (TPSA) is 49.6 Å². The normalized spacial score (nSPS) is 19.8. The van der Waals surface area contributed by atoms with Gasteiger partial charge in [-0.25, -0.2) is 4.98 Å². The SMILES string of the molecule is O=C(C1CCN(Cc2ncc(-c3ccccc3)o2)CC1)N1CCCCCC1. The molecule has 0 atom stereocenters.